The van der Waals surface area contributed by atoms with Gasteiger partial charge in [-0.15, -0.1) is 0 Å². The van der Waals surface area contributed by atoms with Gasteiger partial charge in [-0.1, -0.05) is 0 Å². The predicted molar refractivity (Wildman–Crippen MR) is 65.5 cm³/mol. The number of rotatable bonds is 2. The quantitative estimate of drug-likeness (QED) is 0.744. The van der Waals surface area contributed by atoms with Crippen molar-refractivity contribution in [1.29, 1.82) is 0 Å². The Labute approximate surface area is 107 Å². The van der Waals surface area contributed by atoms with E-state index in [9.17, 15) is 4.79 Å². The van der Waals surface area contributed by atoms with Crippen LogP contribution in [0.25, 0.3) is 0 Å². The molecule has 0 aliphatic carbocycles. The van der Waals surface area contributed by atoms with Crippen LogP contribution in [0.5, 0.6) is 0 Å². The van der Waals surface area contributed by atoms with Gasteiger partial charge >= 0.3 is 6.09 Å². The number of amides is 1. The molecule has 0 bridgehead atoms. The molecule has 0 radical (unpaired) electrons. The van der Waals surface area contributed by atoms with E-state index in [1.54, 1.807) is 0 Å². The molecule has 6 heteroatoms. The maximum atomic E-state index is 11.5. The molecule has 0 aromatic rings. The topological polar surface area (TPSA) is 68.8 Å². The Morgan fingerprint density at radius 2 is 2.17 bits per heavy atom. The third-order valence-electron chi connectivity index (χ3n) is 2.93. The van der Waals surface area contributed by atoms with Crippen LogP contribution in [-0.4, -0.2) is 56.2 Å². The van der Waals surface area contributed by atoms with Gasteiger partial charge in [0.05, 0.1) is 31.5 Å². The molecular weight excluding hydrogens is 236 g/mol. The smallest absolute Gasteiger partial charge is 0.407 e. The molecule has 0 aromatic heterocycles. The Balaban J connectivity index is 1.64. The maximum Gasteiger partial charge on any atom is 0.407 e. The number of carbonyl (C=O) groups is 1. The number of morpholine rings is 1. The molecule has 2 aliphatic heterocycles. The molecular formula is C12H22N2O4. The zero-order chi connectivity index (χ0) is 13.2. The molecule has 18 heavy (non-hydrogen) atoms. The molecule has 1 spiro atoms. The van der Waals surface area contributed by atoms with Gasteiger partial charge in [-0.25, -0.2) is 4.79 Å². The summed E-state index contributed by atoms with van der Waals surface area (Å²) in [6, 6.07) is 0. The fourth-order valence-electron chi connectivity index (χ4n) is 1.89. The maximum absolute atomic E-state index is 11.5. The minimum Gasteiger partial charge on any atom is -0.444 e. The number of alkyl carbamates (subject to hydrolysis) is 1. The highest BCUT2D eigenvalue weighted by atomic mass is 16.6. The van der Waals surface area contributed by atoms with E-state index < -0.39 is 11.7 Å². The van der Waals surface area contributed by atoms with Gasteiger partial charge in [-0.2, -0.15) is 0 Å². The molecule has 0 aromatic carbocycles. The van der Waals surface area contributed by atoms with Crippen LogP contribution in [0.1, 0.15) is 20.8 Å². The average molecular weight is 258 g/mol. The summed E-state index contributed by atoms with van der Waals surface area (Å²) in [5.74, 6) is 0. The predicted octanol–water partition coefficient (Wildman–Crippen LogP) is 0.269. The molecule has 2 N–H and O–H groups in total. The Bertz CT molecular complexity index is 300. The van der Waals surface area contributed by atoms with Gasteiger partial charge in [0, 0.05) is 13.1 Å². The van der Waals surface area contributed by atoms with Crippen LogP contribution in [0.15, 0.2) is 0 Å². The molecule has 1 unspecified atom stereocenters. The standard InChI is InChI=1S/C12H22N2O4/c1-11(2,3)18-10(15)13-4-9-5-14-12(8-17-9)6-16-7-12/h9,14H,4-8H2,1-3H3,(H,13,15). The van der Waals surface area contributed by atoms with E-state index in [-0.39, 0.29) is 11.6 Å². The highest BCUT2D eigenvalue weighted by Crippen LogP contribution is 2.21. The summed E-state index contributed by atoms with van der Waals surface area (Å²) >= 11 is 0. The monoisotopic (exact) mass is 258 g/mol. The van der Waals surface area contributed by atoms with Crippen LogP contribution in [0.2, 0.25) is 0 Å². The lowest BCUT2D eigenvalue weighted by atomic mass is 9.97. The lowest BCUT2D eigenvalue weighted by Gasteiger charge is -2.46. The van der Waals surface area contributed by atoms with Crippen molar-refractivity contribution in [3.63, 3.8) is 0 Å². The third kappa shape index (κ3) is 3.57. The largest absolute Gasteiger partial charge is 0.444 e. The first-order valence-electron chi connectivity index (χ1n) is 6.30. The summed E-state index contributed by atoms with van der Waals surface area (Å²) in [5.41, 5.74) is -0.453. The van der Waals surface area contributed by atoms with E-state index in [1.807, 2.05) is 20.8 Å². The minimum absolute atomic E-state index is 0.0104. The summed E-state index contributed by atoms with van der Waals surface area (Å²) in [4.78, 5) is 11.5. The Hall–Kier alpha value is -0.850. The minimum atomic E-state index is -0.469. The molecule has 2 rings (SSSR count). The van der Waals surface area contributed by atoms with Gasteiger partial charge in [0.15, 0.2) is 0 Å². The number of nitrogens with one attached hydrogen (secondary N) is 2. The first-order chi connectivity index (χ1) is 8.39. The highest BCUT2D eigenvalue weighted by Gasteiger charge is 2.42. The second-order valence-electron chi connectivity index (χ2n) is 5.97. The van der Waals surface area contributed by atoms with Gasteiger partial charge in [0.2, 0.25) is 0 Å². The van der Waals surface area contributed by atoms with Crippen molar-refractivity contribution in [2.75, 3.05) is 32.9 Å². The van der Waals surface area contributed by atoms with Crippen LogP contribution < -0.4 is 10.6 Å². The summed E-state index contributed by atoms with van der Waals surface area (Å²) in [7, 11) is 0. The molecule has 104 valence electrons. The molecule has 2 fully saturated rings. The SMILES string of the molecule is CC(C)(C)OC(=O)NCC1CNC2(COC2)CO1. The number of ether oxygens (including phenoxy) is 3. The Morgan fingerprint density at radius 3 is 2.61 bits per heavy atom. The van der Waals surface area contributed by atoms with Crippen molar-refractivity contribution in [3.05, 3.63) is 0 Å². The van der Waals surface area contributed by atoms with Gasteiger partial charge in [-0.05, 0) is 20.8 Å². The van der Waals surface area contributed by atoms with E-state index in [0.29, 0.717) is 26.4 Å². The van der Waals surface area contributed by atoms with Gasteiger partial charge in [0.25, 0.3) is 0 Å². The fraction of sp³-hybridized carbons (Fsp3) is 0.917. The van der Waals surface area contributed by atoms with Crippen molar-refractivity contribution in [1.82, 2.24) is 10.6 Å². The van der Waals surface area contributed by atoms with E-state index in [2.05, 4.69) is 10.6 Å². The number of hydrogen-bond donors (Lipinski definition) is 2. The molecule has 2 heterocycles. The zero-order valence-corrected chi connectivity index (χ0v) is 11.2. The lowest BCUT2D eigenvalue weighted by molar-refractivity contribution is -0.148. The van der Waals surface area contributed by atoms with Gasteiger partial charge in [0.1, 0.15) is 5.60 Å². The van der Waals surface area contributed by atoms with Crippen molar-refractivity contribution in [3.8, 4) is 0 Å². The third-order valence-corrected chi connectivity index (χ3v) is 2.93. The second-order valence-corrected chi connectivity index (χ2v) is 5.97. The van der Waals surface area contributed by atoms with Crippen LogP contribution in [0.3, 0.4) is 0 Å². The van der Waals surface area contributed by atoms with E-state index in [0.717, 1.165) is 6.54 Å². The van der Waals surface area contributed by atoms with Crippen LogP contribution in [-0.2, 0) is 14.2 Å². The lowest BCUT2D eigenvalue weighted by Crippen LogP contribution is -2.68. The van der Waals surface area contributed by atoms with Crippen molar-refractivity contribution >= 4 is 6.09 Å². The molecule has 0 saturated carbocycles. The van der Waals surface area contributed by atoms with Crippen LogP contribution in [0.4, 0.5) is 4.79 Å². The van der Waals surface area contributed by atoms with Gasteiger partial charge in [-0.3, -0.25) is 0 Å². The summed E-state index contributed by atoms with van der Waals surface area (Å²) < 4.78 is 16.0. The highest BCUT2D eigenvalue weighted by molar-refractivity contribution is 5.67. The molecule has 2 aliphatic rings. The van der Waals surface area contributed by atoms with Crippen LogP contribution in [0, 0.1) is 0 Å². The van der Waals surface area contributed by atoms with E-state index >= 15 is 0 Å². The van der Waals surface area contributed by atoms with Crippen molar-refractivity contribution < 1.29 is 19.0 Å². The van der Waals surface area contributed by atoms with Crippen molar-refractivity contribution in [2.24, 2.45) is 0 Å². The summed E-state index contributed by atoms with van der Waals surface area (Å²) in [5, 5.41) is 6.13. The number of carbonyl (C=O) groups excluding carboxylic acids is 1. The fourth-order valence-corrected chi connectivity index (χ4v) is 1.89. The molecule has 6 nitrogen and oxygen atoms in total. The van der Waals surface area contributed by atoms with Crippen molar-refractivity contribution in [2.45, 2.75) is 38.0 Å². The zero-order valence-electron chi connectivity index (χ0n) is 11.2. The average Bonchev–Trinajstić information content (AvgIpc) is 2.22. The summed E-state index contributed by atoms with van der Waals surface area (Å²) in [6.07, 6.45) is -0.415. The van der Waals surface area contributed by atoms with Gasteiger partial charge < -0.3 is 24.8 Å². The second kappa shape index (κ2) is 5.03. The molecule has 1 amide bonds. The van der Waals surface area contributed by atoms with E-state index in [4.69, 9.17) is 14.2 Å². The molecule has 1 atom stereocenters. The Kier molecular flexibility index (Phi) is 3.79. The summed E-state index contributed by atoms with van der Waals surface area (Å²) in [6.45, 7) is 8.74. The molecule has 2 saturated heterocycles. The van der Waals surface area contributed by atoms with E-state index in [1.165, 1.54) is 0 Å². The number of hydrogen-bond acceptors (Lipinski definition) is 5. The Morgan fingerprint density at radius 1 is 1.44 bits per heavy atom. The first-order valence-corrected chi connectivity index (χ1v) is 6.30. The van der Waals surface area contributed by atoms with Crippen LogP contribution >= 0.6 is 0 Å². The first kappa shape index (κ1) is 13.6. The normalized spacial score (nSPS) is 26.5.